The minimum atomic E-state index is 0.362. The number of nitrogens with zero attached hydrogens (tertiary/aromatic N) is 2. The van der Waals surface area contributed by atoms with Crippen LogP contribution in [0, 0.1) is 12.8 Å². The second-order valence-electron chi connectivity index (χ2n) is 4.73. The van der Waals surface area contributed by atoms with E-state index in [1.165, 1.54) is 0 Å². The summed E-state index contributed by atoms with van der Waals surface area (Å²) in [4.78, 5) is 8.72. The van der Waals surface area contributed by atoms with Crippen molar-refractivity contribution in [3.63, 3.8) is 0 Å². The first-order valence-corrected chi connectivity index (χ1v) is 6.82. The lowest BCUT2D eigenvalue weighted by atomic mass is 10.2. The van der Waals surface area contributed by atoms with E-state index in [0.717, 1.165) is 23.8 Å². The van der Waals surface area contributed by atoms with Gasteiger partial charge >= 0.3 is 0 Å². The number of hydrogen-bond donors (Lipinski definition) is 2. The second kappa shape index (κ2) is 6.59. The summed E-state index contributed by atoms with van der Waals surface area (Å²) in [6.07, 6.45) is 0. The van der Waals surface area contributed by atoms with Gasteiger partial charge in [-0.1, -0.05) is 20.8 Å². The molecular weight excluding hydrogens is 232 g/mol. The van der Waals surface area contributed by atoms with Crippen LogP contribution in [-0.4, -0.2) is 24.0 Å². The van der Waals surface area contributed by atoms with E-state index in [0.29, 0.717) is 17.8 Å². The quantitative estimate of drug-likeness (QED) is 0.625. The van der Waals surface area contributed by atoms with Crippen LogP contribution in [0.2, 0.25) is 0 Å². The number of thiazole rings is 1. The molecule has 0 aliphatic carbocycles. The number of hydrogen-bond acceptors (Lipinski definition) is 3. The van der Waals surface area contributed by atoms with Crippen LogP contribution < -0.4 is 11.1 Å². The Hall–Kier alpha value is -1.10. The number of aliphatic imine (C=N–C) groups is 1. The van der Waals surface area contributed by atoms with Crippen molar-refractivity contribution < 1.29 is 0 Å². The smallest absolute Gasteiger partial charge is 0.188 e. The summed E-state index contributed by atoms with van der Waals surface area (Å²) in [6.45, 7) is 9.94. The molecular formula is C12H22N4S. The van der Waals surface area contributed by atoms with Crippen LogP contribution in [0.1, 0.15) is 37.4 Å². The average molecular weight is 254 g/mol. The molecule has 1 rings (SSSR count). The van der Waals surface area contributed by atoms with E-state index in [9.17, 15) is 0 Å². The van der Waals surface area contributed by atoms with E-state index < -0.39 is 0 Å². The van der Waals surface area contributed by atoms with E-state index in [1.807, 2.05) is 6.92 Å². The van der Waals surface area contributed by atoms with Crippen LogP contribution in [-0.2, 0) is 0 Å². The molecule has 0 spiro atoms. The van der Waals surface area contributed by atoms with Gasteiger partial charge < -0.3 is 11.1 Å². The van der Waals surface area contributed by atoms with Crippen molar-refractivity contribution in [3.05, 3.63) is 16.1 Å². The summed E-state index contributed by atoms with van der Waals surface area (Å²) in [7, 11) is 0. The largest absolute Gasteiger partial charge is 0.370 e. The number of nitrogens with one attached hydrogen (secondary N) is 1. The summed E-state index contributed by atoms with van der Waals surface area (Å²) >= 11 is 1.70. The van der Waals surface area contributed by atoms with Crippen LogP contribution in [0.5, 0.6) is 0 Å². The predicted molar refractivity (Wildman–Crippen MR) is 74.6 cm³/mol. The van der Waals surface area contributed by atoms with Crippen molar-refractivity contribution >= 4 is 17.3 Å². The maximum Gasteiger partial charge on any atom is 0.188 e. The zero-order chi connectivity index (χ0) is 12.8. The van der Waals surface area contributed by atoms with Crippen molar-refractivity contribution in [2.24, 2.45) is 16.6 Å². The summed E-state index contributed by atoms with van der Waals surface area (Å²) in [5.41, 5.74) is 6.86. The van der Waals surface area contributed by atoms with Gasteiger partial charge in [-0.15, -0.1) is 11.3 Å². The third kappa shape index (κ3) is 5.17. The molecule has 0 bridgehead atoms. The van der Waals surface area contributed by atoms with Gasteiger partial charge in [0, 0.05) is 30.1 Å². The van der Waals surface area contributed by atoms with Crippen molar-refractivity contribution in [3.8, 4) is 0 Å². The second-order valence-corrected chi connectivity index (χ2v) is 5.62. The van der Waals surface area contributed by atoms with E-state index in [1.54, 1.807) is 11.3 Å². The Labute approximate surface area is 107 Å². The minimum Gasteiger partial charge on any atom is -0.370 e. The fourth-order valence-corrected chi connectivity index (χ4v) is 2.14. The van der Waals surface area contributed by atoms with Crippen LogP contribution >= 0.6 is 11.3 Å². The molecule has 0 aliphatic heterocycles. The van der Waals surface area contributed by atoms with Gasteiger partial charge in [0.05, 0.1) is 5.01 Å². The molecule has 1 heterocycles. The Morgan fingerprint density at radius 2 is 2.24 bits per heavy atom. The predicted octanol–water partition coefficient (Wildman–Crippen LogP) is 2.12. The van der Waals surface area contributed by atoms with Gasteiger partial charge in [0.15, 0.2) is 5.96 Å². The maximum atomic E-state index is 5.78. The first kappa shape index (κ1) is 14.0. The molecule has 96 valence electrons. The Balaban J connectivity index is 2.37. The van der Waals surface area contributed by atoms with Gasteiger partial charge in [-0.25, -0.2) is 4.98 Å². The number of nitrogens with two attached hydrogens (primary N) is 1. The number of aromatic nitrogens is 1. The van der Waals surface area contributed by atoms with Gasteiger partial charge in [-0.3, -0.25) is 4.99 Å². The molecule has 1 aromatic rings. The molecule has 1 aromatic heterocycles. The average Bonchev–Trinajstić information content (AvgIpc) is 2.70. The molecule has 0 aromatic carbocycles. The lowest BCUT2D eigenvalue weighted by molar-refractivity contribution is 0.656. The topological polar surface area (TPSA) is 63.3 Å². The normalized spacial score (nSPS) is 14.1. The molecule has 0 aliphatic rings. The van der Waals surface area contributed by atoms with Gasteiger partial charge in [0.2, 0.25) is 0 Å². The molecule has 3 N–H and O–H groups in total. The zero-order valence-electron chi connectivity index (χ0n) is 11.0. The highest BCUT2D eigenvalue weighted by Gasteiger charge is 2.09. The third-order valence-electron chi connectivity index (χ3n) is 2.27. The highest BCUT2D eigenvalue weighted by molar-refractivity contribution is 7.09. The van der Waals surface area contributed by atoms with E-state index in [-0.39, 0.29) is 0 Å². The summed E-state index contributed by atoms with van der Waals surface area (Å²) in [5.74, 6) is 1.43. The highest BCUT2D eigenvalue weighted by atomic mass is 32.1. The molecule has 0 fully saturated rings. The van der Waals surface area contributed by atoms with Gasteiger partial charge in [0.25, 0.3) is 0 Å². The maximum absolute atomic E-state index is 5.78. The Morgan fingerprint density at radius 1 is 1.53 bits per heavy atom. The van der Waals surface area contributed by atoms with Gasteiger partial charge in [-0.05, 0) is 12.8 Å². The lowest BCUT2D eigenvalue weighted by Gasteiger charge is -2.11. The highest BCUT2D eigenvalue weighted by Crippen LogP contribution is 2.18. The van der Waals surface area contributed by atoms with Crippen LogP contribution in [0.15, 0.2) is 10.4 Å². The third-order valence-corrected chi connectivity index (χ3v) is 3.47. The van der Waals surface area contributed by atoms with Crippen LogP contribution in [0.25, 0.3) is 0 Å². The minimum absolute atomic E-state index is 0.362. The van der Waals surface area contributed by atoms with Gasteiger partial charge in [-0.2, -0.15) is 0 Å². The van der Waals surface area contributed by atoms with E-state index >= 15 is 0 Å². The molecule has 0 amide bonds. The van der Waals surface area contributed by atoms with Crippen molar-refractivity contribution in [1.82, 2.24) is 10.3 Å². The van der Waals surface area contributed by atoms with Gasteiger partial charge in [0.1, 0.15) is 0 Å². The first-order chi connectivity index (χ1) is 7.99. The summed E-state index contributed by atoms with van der Waals surface area (Å²) in [6, 6.07) is 0. The number of guanidine groups is 1. The Bertz CT molecular complexity index is 370. The molecule has 4 nitrogen and oxygen atoms in total. The molecule has 17 heavy (non-hydrogen) atoms. The van der Waals surface area contributed by atoms with Crippen molar-refractivity contribution in [1.29, 1.82) is 0 Å². The molecule has 0 saturated carbocycles. The van der Waals surface area contributed by atoms with E-state index in [4.69, 9.17) is 5.73 Å². The SMILES string of the molecule is Cc1csc(C(C)CNC(N)=NCC(C)C)n1. The Morgan fingerprint density at radius 3 is 2.76 bits per heavy atom. The molecule has 1 atom stereocenters. The fraction of sp³-hybridized carbons (Fsp3) is 0.667. The van der Waals surface area contributed by atoms with E-state index in [2.05, 4.69) is 41.4 Å². The van der Waals surface area contributed by atoms with Crippen LogP contribution in [0.4, 0.5) is 0 Å². The molecule has 5 heteroatoms. The summed E-state index contributed by atoms with van der Waals surface area (Å²) < 4.78 is 0. The fourth-order valence-electron chi connectivity index (χ4n) is 1.28. The number of aryl methyl sites for hydroxylation is 1. The standard InChI is InChI=1S/C12H22N4S/c1-8(2)5-14-12(13)15-6-9(3)11-16-10(4)7-17-11/h7-9H,5-6H2,1-4H3,(H3,13,14,15). The Kier molecular flexibility index (Phi) is 5.41. The molecule has 0 radical (unpaired) electrons. The lowest BCUT2D eigenvalue weighted by Crippen LogP contribution is -2.34. The monoisotopic (exact) mass is 254 g/mol. The zero-order valence-corrected chi connectivity index (χ0v) is 11.8. The molecule has 0 saturated heterocycles. The summed E-state index contributed by atoms with van der Waals surface area (Å²) in [5, 5.41) is 6.36. The van der Waals surface area contributed by atoms with Crippen molar-refractivity contribution in [2.75, 3.05) is 13.1 Å². The number of rotatable bonds is 5. The first-order valence-electron chi connectivity index (χ1n) is 5.95. The van der Waals surface area contributed by atoms with Crippen LogP contribution in [0.3, 0.4) is 0 Å². The molecule has 1 unspecified atom stereocenters. The van der Waals surface area contributed by atoms with Crippen molar-refractivity contribution in [2.45, 2.75) is 33.6 Å².